The van der Waals surface area contributed by atoms with Gasteiger partial charge in [-0.1, -0.05) is 0 Å². The highest BCUT2D eigenvalue weighted by Crippen LogP contribution is 2.32. The van der Waals surface area contributed by atoms with Crippen LogP contribution >= 0.6 is 0 Å². The lowest BCUT2D eigenvalue weighted by atomic mass is 10.1. The topological polar surface area (TPSA) is 63.6 Å². The number of benzene rings is 1. The number of nitrogens with zero attached hydrogens (tertiary/aromatic N) is 1. The van der Waals surface area contributed by atoms with Crippen LogP contribution in [-0.4, -0.2) is 24.3 Å². The molecule has 0 saturated carbocycles. The van der Waals surface area contributed by atoms with Crippen LogP contribution in [0.25, 0.3) is 0 Å². The van der Waals surface area contributed by atoms with Crippen molar-refractivity contribution in [2.45, 2.75) is 13.0 Å². The number of aromatic hydroxyl groups is 1. The van der Waals surface area contributed by atoms with E-state index >= 15 is 0 Å². The first-order valence-corrected chi connectivity index (χ1v) is 6.28. The second-order valence-corrected chi connectivity index (χ2v) is 4.35. The fourth-order valence-corrected chi connectivity index (χ4v) is 1.99. The third kappa shape index (κ3) is 2.93. The Balaban J connectivity index is 2.21. The van der Waals surface area contributed by atoms with Gasteiger partial charge in [0.2, 0.25) is 5.88 Å². The van der Waals surface area contributed by atoms with E-state index in [0.29, 0.717) is 11.6 Å². The van der Waals surface area contributed by atoms with Crippen molar-refractivity contribution in [3.05, 3.63) is 42.1 Å². The zero-order valence-corrected chi connectivity index (χ0v) is 11.8. The Kier molecular flexibility index (Phi) is 4.30. The quantitative estimate of drug-likeness (QED) is 0.877. The molecule has 1 unspecified atom stereocenters. The summed E-state index contributed by atoms with van der Waals surface area (Å²) in [4.78, 5) is 4.13. The van der Waals surface area contributed by atoms with Gasteiger partial charge in [-0.2, -0.15) is 0 Å². The van der Waals surface area contributed by atoms with Crippen LogP contribution in [-0.2, 0) is 0 Å². The second kappa shape index (κ2) is 6.14. The van der Waals surface area contributed by atoms with Crippen LogP contribution in [0.3, 0.4) is 0 Å². The van der Waals surface area contributed by atoms with Gasteiger partial charge in [0.05, 0.1) is 25.9 Å². The molecule has 106 valence electrons. The summed E-state index contributed by atoms with van der Waals surface area (Å²) in [5.41, 5.74) is 1.55. The zero-order valence-electron chi connectivity index (χ0n) is 11.8. The highest BCUT2D eigenvalue weighted by Gasteiger charge is 2.13. The summed E-state index contributed by atoms with van der Waals surface area (Å²) in [5.74, 6) is 1.33. The molecule has 0 fully saturated rings. The summed E-state index contributed by atoms with van der Waals surface area (Å²) in [7, 11) is 3.14. The average Bonchev–Trinajstić information content (AvgIpc) is 2.47. The minimum Gasteiger partial charge on any atom is -0.507 e. The Labute approximate surface area is 118 Å². The molecular formula is C15H18N2O3. The van der Waals surface area contributed by atoms with Crippen molar-refractivity contribution in [3.8, 4) is 17.4 Å². The van der Waals surface area contributed by atoms with Crippen molar-refractivity contribution in [2.75, 3.05) is 19.5 Å². The summed E-state index contributed by atoms with van der Waals surface area (Å²) in [6.07, 6.45) is 1.67. The molecule has 0 saturated heterocycles. The summed E-state index contributed by atoms with van der Waals surface area (Å²) in [6.45, 7) is 1.95. The minimum absolute atomic E-state index is 0.0981. The maximum Gasteiger partial charge on any atom is 0.237 e. The van der Waals surface area contributed by atoms with Gasteiger partial charge < -0.3 is 19.9 Å². The Morgan fingerprint density at radius 2 is 2.00 bits per heavy atom. The lowest BCUT2D eigenvalue weighted by Crippen LogP contribution is -2.08. The van der Waals surface area contributed by atoms with Gasteiger partial charge in [-0.05, 0) is 31.2 Å². The van der Waals surface area contributed by atoms with Crippen molar-refractivity contribution in [1.82, 2.24) is 4.98 Å². The number of rotatable bonds is 5. The average molecular weight is 274 g/mol. The van der Waals surface area contributed by atoms with Crippen LogP contribution in [0.1, 0.15) is 18.5 Å². The van der Waals surface area contributed by atoms with E-state index < -0.39 is 0 Å². The minimum atomic E-state index is -0.0981. The van der Waals surface area contributed by atoms with E-state index in [1.165, 1.54) is 0 Å². The fourth-order valence-electron chi connectivity index (χ4n) is 1.99. The molecule has 1 aromatic heterocycles. The SMILES string of the molecule is COc1ccc(C(C)Nc2cccnc2OC)c(O)c1. The molecular weight excluding hydrogens is 256 g/mol. The molecule has 1 atom stereocenters. The van der Waals surface area contributed by atoms with Crippen molar-refractivity contribution >= 4 is 5.69 Å². The molecule has 1 aromatic carbocycles. The summed E-state index contributed by atoms with van der Waals surface area (Å²) in [6, 6.07) is 8.84. The number of anilines is 1. The van der Waals surface area contributed by atoms with E-state index in [1.807, 2.05) is 31.2 Å². The van der Waals surface area contributed by atoms with E-state index in [4.69, 9.17) is 9.47 Å². The number of hydrogen-bond donors (Lipinski definition) is 2. The molecule has 1 heterocycles. The fraction of sp³-hybridized carbons (Fsp3) is 0.267. The van der Waals surface area contributed by atoms with E-state index in [0.717, 1.165) is 11.3 Å². The van der Waals surface area contributed by atoms with Crippen LogP contribution in [0.15, 0.2) is 36.5 Å². The number of pyridine rings is 1. The van der Waals surface area contributed by atoms with Crippen molar-refractivity contribution in [3.63, 3.8) is 0 Å². The summed E-state index contributed by atoms with van der Waals surface area (Å²) >= 11 is 0. The van der Waals surface area contributed by atoms with Crippen LogP contribution < -0.4 is 14.8 Å². The lowest BCUT2D eigenvalue weighted by molar-refractivity contribution is 0.399. The monoisotopic (exact) mass is 274 g/mol. The molecule has 2 aromatic rings. The number of hydrogen-bond acceptors (Lipinski definition) is 5. The highest BCUT2D eigenvalue weighted by molar-refractivity contribution is 5.54. The van der Waals surface area contributed by atoms with Crippen molar-refractivity contribution in [2.24, 2.45) is 0 Å². The summed E-state index contributed by atoms with van der Waals surface area (Å²) in [5, 5.41) is 13.3. The third-order valence-electron chi connectivity index (χ3n) is 3.04. The molecule has 2 rings (SSSR count). The van der Waals surface area contributed by atoms with Gasteiger partial charge in [0.25, 0.3) is 0 Å². The van der Waals surface area contributed by atoms with Gasteiger partial charge in [-0.25, -0.2) is 4.98 Å². The highest BCUT2D eigenvalue weighted by atomic mass is 16.5. The number of phenols is 1. The van der Waals surface area contributed by atoms with E-state index in [9.17, 15) is 5.11 Å². The van der Waals surface area contributed by atoms with Gasteiger partial charge in [-0.3, -0.25) is 0 Å². The number of ether oxygens (including phenoxy) is 2. The van der Waals surface area contributed by atoms with Gasteiger partial charge in [0.1, 0.15) is 11.5 Å². The van der Waals surface area contributed by atoms with Crippen molar-refractivity contribution < 1.29 is 14.6 Å². The lowest BCUT2D eigenvalue weighted by Gasteiger charge is -2.18. The smallest absolute Gasteiger partial charge is 0.237 e. The first-order valence-electron chi connectivity index (χ1n) is 6.28. The van der Waals surface area contributed by atoms with Crippen molar-refractivity contribution in [1.29, 1.82) is 0 Å². The molecule has 0 bridgehead atoms. The molecule has 0 aliphatic rings. The molecule has 2 N–H and O–H groups in total. The Morgan fingerprint density at radius 1 is 1.20 bits per heavy atom. The first kappa shape index (κ1) is 14.0. The van der Waals surface area contributed by atoms with Gasteiger partial charge >= 0.3 is 0 Å². The van der Waals surface area contributed by atoms with Gasteiger partial charge in [0, 0.05) is 17.8 Å². The molecule has 0 radical (unpaired) electrons. The molecule has 0 amide bonds. The third-order valence-corrected chi connectivity index (χ3v) is 3.04. The van der Waals surface area contributed by atoms with Gasteiger partial charge in [0.15, 0.2) is 0 Å². The van der Waals surface area contributed by atoms with Gasteiger partial charge in [-0.15, -0.1) is 0 Å². The van der Waals surface area contributed by atoms with Crippen LogP contribution in [0, 0.1) is 0 Å². The largest absolute Gasteiger partial charge is 0.507 e. The molecule has 0 aliphatic carbocycles. The molecule has 0 aliphatic heterocycles. The van der Waals surface area contributed by atoms with E-state index in [-0.39, 0.29) is 11.8 Å². The summed E-state index contributed by atoms with van der Waals surface area (Å²) < 4.78 is 10.3. The Morgan fingerprint density at radius 3 is 2.65 bits per heavy atom. The Bertz CT molecular complexity index is 587. The van der Waals surface area contributed by atoms with Crippen LogP contribution in [0.2, 0.25) is 0 Å². The second-order valence-electron chi connectivity index (χ2n) is 4.35. The molecule has 5 heteroatoms. The molecule has 5 nitrogen and oxygen atoms in total. The number of aromatic nitrogens is 1. The molecule has 20 heavy (non-hydrogen) atoms. The maximum atomic E-state index is 10.0. The predicted molar refractivity (Wildman–Crippen MR) is 77.5 cm³/mol. The van der Waals surface area contributed by atoms with E-state index in [2.05, 4.69) is 10.3 Å². The normalized spacial score (nSPS) is 11.8. The van der Waals surface area contributed by atoms with E-state index in [1.54, 1.807) is 26.5 Å². The number of phenolic OH excluding ortho intramolecular Hbond substituents is 1. The predicted octanol–water partition coefficient (Wildman–Crippen LogP) is 2.98. The number of nitrogens with one attached hydrogen (secondary N) is 1. The zero-order chi connectivity index (χ0) is 14.5. The van der Waals surface area contributed by atoms with Crippen LogP contribution in [0.5, 0.6) is 17.4 Å². The standard InChI is InChI=1S/C15H18N2O3/c1-10(12-7-6-11(19-2)9-14(12)18)17-13-5-4-8-16-15(13)20-3/h4-10,17-18H,1-3H3. The maximum absolute atomic E-state index is 10.0. The Hall–Kier alpha value is -2.43. The first-order chi connectivity index (χ1) is 9.65. The van der Waals surface area contributed by atoms with Crippen LogP contribution in [0.4, 0.5) is 5.69 Å². The molecule has 0 spiro atoms. The number of methoxy groups -OCH3 is 2.